The van der Waals surface area contributed by atoms with Crippen LogP contribution in [0.4, 0.5) is 5.69 Å². The van der Waals surface area contributed by atoms with Crippen molar-refractivity contribution < 1.29 is 4.79 Å². The van der Waals surface area contributed by atoms with Gasteiger partial charge >= 0.3 is 0 Å². The number of rotatable bonds is 10. The molecule has 1 N–H and O–H groups in total. The summed E-state index contributed by atoms with van der Waals surface area (Å²) in [6.45, 7) is 7.71. The molecule has 0 aliphatic carbocycles. The first-order valence-electron chi connectivity index (χ1n) is 8.21. The Bertz CT molecular complexity index is 442. The number of aromatic nitrogens is 1. The Morgan fingerprint density at radius 2 is 1.82 bits per heavy atom. The lowest BCUT2D eigenvalue weighted by Gasteiger charge is -2.21. The van der Waals surface area contributed by atoms with Crippen LogP contribution < -0.4 is 5.32 Å². The van der Waals surface area contributed by atoms with Gasteiger partial charge < -0.3 is 15.1 Å². The molecule has 1 aromatic rings. The molecule has 1 rings (SSSR count). The summed E-state index contributed by atoms with van der Waals surface area (Å²) in [5.41, 5.74) is 1.58. The first-order valence-corrected chi connectivity index (χ1v) is 8.21. The van der Waals surface area contributed by atoms with Gasteiger partial charge in [-0.15, -0.1) is 0 Å². The molecule has 1 amide bonds. The molecule has 124 valence electrons. The Hall–Kier alpha value is -1.62. The summed E-state index contributed by atoms with van der Waals surface area (Å²) >= 11 is 0. The van der Waals surface area contributed by atoms with E-state index in [1.165, 1.54) is 0 Å². The molecule has 0 fully saturated rings. The lowest BCUT2D eigenvalue weighted by molar-refractivity contribution is 0.0755. The Balaban J connectivity index is 2.63. The van der Waals surface area contributed by atoms with Crippen LogP contribution in [0.2, 0.25) is 0 Å². The van der Waals surface area contributed by atoms with Crippen LogP contribution in [-0.4, -0.2) is 61.0 Å². The van der Waals surface area contributed by atoms with E-state index in [0.717, 1.165) is 51.1 Å². The van der Waals surface area contributed by atoms with E-state index in [4.69, 9.17) is 0 Å². The summed E-state index contributed by atoms with van der Waals surface area (Å²) in [5, 5.41) is 3.34. The molecule has 0 aliphatic heterocycles. The molecule has 22 heavy (non-hydrogen) atoms. The van der Waals surface area contributed by atoms with Gasteiger partial charge in [0.1, 0.15) is 0 Å². The number of hydrogen-bond acceptors (Lipinski definition) is 4. The third kappa shape index (κ3) is 6.43. The van der Waals surface area contributed by atoms with Crippen molar-refractivity contribution in [2.24, 2.45) is 0 Å². The molecule has 0 bridgehead atoms. The maximum Gasteiger partial charge on any atom is 0.255 e. The summed E-state index contributed by atoms with van der Waals surface area (Å²) in [7, 11) is 4.13. The molecule has 5 nitrogen and oxygen atoms in total. The van der Waals surface area contributed by atoms with Crippen LogP contribution >= 0.6 is 0 Å². The molecule has 1 aromatic heterocycles. The van der Waals surface area contributed by atoms with Crippen LogP contribution in [0.25, 0.3) is 0 Å². The summed E-state index contributed by atoms with van der Waals surface area (Å²) in [6, 6.07) is 1.91. The Labute approximate surface area is 134 Å². The van der Waals surface area contributed by atoms with Gasteiger partial charge in [-0.25, -0.2) is 0 Å². The van der Waals surface area contributed by atoms with Gasteiger partial charge in [0.05, 0.1) is 11.3 Å². The van der Waals surface area contributed by atoms with Crippen LogP contribution in [0.5, 0.6) is 0 Å². The van der Waals surface area contributed by atoms with E-state index in [0.29, 0.717) is 5.56 Å². The van der Waals surface area contributed by atoms with Gasteiger partial charge in [0.2, 0.25) is 0 Å². The topological polar surface area (TPSA) is 48.5 Å². The highest BCUT2D eigenvalue weighted by Gasteiger charge is 2.14. The molecular formula is C17H30N4O. The van der Waals surface area contributed by atoms with Crippen molar-refractivity contribution in [3.8, 4) is 0 Å². The third-order valence-electron chi connectivity index (χ3n) is 3.37. The smallest absolute Gasteiger partial charge is 0.255 e. The molecule has 0 spiro atoms. The fourth-order valence-corrected chi connectivity index (χ4v) is 2.32. The predicted octanol–water partition coefficient (Wildman–Crippen LogP) is 2.71. The maximum absolute atomic E-state index is 12.5. The lowest BCUT2D eigenvalue weighted by atomic mass is 10.2. The van der Waals surface area contributed by atoms with Gasteiger partial charge in [-0.05, 0) is 46.0 Å². The standard InChI is InChI=1S/C17H30N4O/c1-5-9-21(10-6-2)17(22)15-12-16(14-18-13-15)19-8-7-11-20(3)4/h12-14,19H,5-11H2,1-4H3. The second-order valence-corrected chi connectivity index (χ2v) is 5.84. The number of nitrogens with zero attached hydrogens (tertiary/aromatic N) is 3. The normalized spacial score (nSPS) is 10.8. The van der Waals surface area contributed by atoms with Gasteiger partial charge in [-0.2, -0.15) is 0 Å². The molecule has 0 unspecified atom stereocenters. The molecule has 0 aromatic carbocycles. The highest BCUT2D eigenvalue weighted by Crippen LogP contribution is 2.12. The number of amides is 1. The number of carbonyl (C=O) groups excluding carboxylic acids is 1. The molecule has 1 heterocycles. The van der Waals surface area contributed by atoms with Gasteiger partial charge in [0, 0.05) is 32.0 Å². The summed E-state index contributed by atoms with van der Waals surface area (Å²) in [4.78, 5) is 20.8. The summed E-state index contributed by atoms with van der Waals surface area (Å²) < 4.78 is 0. The van der Waals surface area contributed by atoms with E-state index in [2.05, 4.69) is 43.1 Å². The number of anilines is 1. The van der Waals surface area contributed by atoms with E-state index < -0.39 is 0 Å². The average molecular weight is 306 g/mol. The quantitative estimate of drug-likeness (QED) is 0.675. The van der Waals surface area contributed by atoms with Crippen LogP contribution in [-0.2, 0) is 0 Å². The minimum atomic E-state index is 0.0770. The molecular weight excluding hydrogens is 276 g/mol. The van der Waals surface area contributed by atoms with Crippen LogP contribution in [0.1, 0.15) is 43.5 Å². The average Bonchev–Trinajstić information content (AvgIpc) is 2.51. The number of pyridine rings is 1. The number of nitrogens with one attached hydrogen (secondary N) is 1. The number of hydrogen-bond donors (Lipinski definition) is 1. The highest BCUT2D eigenvalue weighted by atomic mass is 16.2. The molecule has 0 aliphatic rings. The first-order chi connectivity index (χ1) is 10.6. The SMILES string of the molecule is CCCN(CCC)C(=O)c1cncc(NCCCN(C)C)c1. The predicted molar refractivity (Wildman–Crippen MR) is 92.4 cm³/mol. The van der Waals surface area contributed by atoms with E-state index in [9.17, 15) is 4.79 Å². The Morgan fingerprint density at radius 1 is 1.14 bits per heavy atom. The number of carbonyl (C=O) groups is 1. The van der Waals surface area contributed by atoms with Crippen molar-refractivity contribution in [3.05, 3.63) is 24.0 Å². The zero-order chi connectivity index (χ0) is 16.4. The van der Waals surface area contributed by atoms with Crippen LogP contribution in [0.15, 0.2) is 18.5 Å². The second-order valence-electron chi connectivity index (χ2n) is 5.84. The van der Waals surface area contributed by atoms with Crippen molar-refractivity contribution in [2.75, 3.05) is 45.6 Å². The first kappa shape index (κ1) is 18.4. The zero-order valence-corrected chi connectivity index (χ0v) is 14.4. The van der Waals surface area contributed by atoms with Gasteiger partial charge in [0.15, 0.2) is 0 Å². The largest absolute Gasteiger partial charge is 0.384 e. The molecule has 5 heteroatoms. The highest BCUT2D eigenvalue weighted by molar-refractivity contribution is 5.94. The minimum Gasteiger partial charge on any atom is -0.384 e. The van der Waals surface area contributed by atoms with Crippen molar-refractivity contribution in [3.63, 3.8) is 0 Å². The second kappa shape index (κ2) is 10.2. The molecule has 0 radical (unpaired) electrons. The fourth-order valence-electron chi connectivity index (χ4n) is 2.32. The molecule has 0 saturated heterocycles. The van der Waals surface area contributed by atoms with E-state index in [1.807, 2.05) is 11.0 Å². The van der Waals surface area contributed by atoms with Crippen molar-refractivity contribution in [1.29, 1.82) is 0 Å². The maximum atomic E-state index is 12.5. The van der Waals surface area contributed by atoms with Gasteiger partial charge in [-0.3, -0.25) is 9.78 Å². The molecule has 0 atom stereocenters. The Kier molecular flexibility index (Phi) is 8.51. The fraction of sp³-hybridized carbons (Fsp3) is 0.647. The van der Waals surface area contributed by atoms with Crippen molar-refractivity contribution in [1.82, 2.24) is 14.8 Å². The third-order valence-corrected chi connectivity index (χ3v) is 3.37. The van der Waals surface area contributed by atoms with Crippen LogP contribution in [0, 0.1) is 0 Å². The van der Waals surface area contributed by atoms with Gasteiger partial charge in [-0.1, -0.05) is 13.8 Å². The monoisotopic (exact) mass is 306 g/mol. The van der Waals surface area contributed by atoms with E-state index in [1.54, 1.807) is 12.4 Å². The van der Waals surface area contributed by atoms with E-state index >= 15 is 0 Å². The van der Waals surface area contributed by atoms with Crippen molar-refractivity contribution in [2.45, 2.75) is 33.1 Å². The van der Waals surface area contributed by atoms with Crippen LogP contribution in [0.3, 0.4) is 0 Å². The summed E-state index contributed by atoms with van der Waals surface area (Å²) in [6.07, 6.45) is 6.44. The van der Waals surface area contributed by atoms with Crippen molar-refractivity contribution >= 4 is 11.6 Å². The van der Waals surface area contributed by atoms with Gasteiger partial charge in [0.25, 0.3) is 5.91 Å². The Morgan fingerprint density at radius 3 is 2.41 bits per heavy atom. The lowest BCUT2D eigenvalue weighted by Crippen LogP contribution is -2.32. The summed E-state index contributed by atoms with van der Waals surface area (Å²) in [5.74, 6) is 0.0770. The molecule has 0 saturated carbocycles. The minimum absolute atomic E-state index is 0.0770. The zero-order valence-electron chi connectivity index (χ0n) is 14.4. The van der Waals surface area contributed by atoms with E-state index in [-0.39, 0.29) is 5.91 Å².